The molecular formula is C16H24N2O. The van der Waals surface area contributed by atoms with E-state index in [1.807, 2.05) is 13.0 Å². The van der Waals surface area contributed by atoms with Gasteiger partial charge in [-0.05, 0) is 51.6 Å². The van der Waals surface area contributed by atoms with Gasteiger partial charge in [-0.25, -0.2) is 0 Å². The van der Waals surface area contributed by atoms with Crippen LogP contribution < -0.4 is 10.6 Å². The van der Waals surface area contributed by atoms with E-state index in [9.17, 15) is 4.79 Å². The third-order valence-corrected chi connectivity index (χ3v) is 3.96. The smallest absolute Gasteiger partial charge is 0.240 e. The first kappa shape index (κ1) is 14.1. The van der Waals surface area contributed by atoms with E-state index in [0.717, 1.165) is 32.2 Å². The molecule has 1 amide bonds. The van der Waals surface area contributed by atoms with Gasteiger partial charge in [0.15, 0.2) is 0 Å². The lowest BCUT2D eigenvalue weighted by molar-refractivity contribution is -0.127. The van der Waals surface area contributed by atoms with Crippen LogP contribution in [0.15, 0.2) is 30.3 Å². The van der Waals surface area contributed by atoms with Crippen molar-refractivity contribution in [1.82, 2.24) is 10.6 Å². The molecule has 19 heavy (non-hydrogen) atoms. The van der Waals surface area contributed by atoms with E-state index in [1.165, 1.54) is 5.56 Å². The number of carbonyl (C=O) groups is 1. The summed E-state index contributed by atoms with van der Waals surface area (Å²) in [6.45, 7) is 5.03. The average molecular weight is 260 g/mol. The van der Waals surface area contributed by atoms with Gasteiger partial charge in [0.05, 0.1) is 5.54 Å². The molecule has 0 saturated carbocycles. The zero-order valence-corrected chi connectivity index (χ0v) is 11.9. The molecule has 0 bridgehead atoms. The number of hydrogen-bond donors (Lipinski definition) is 2. The minimum absolute atomic E-state index is 0.144. The highest BCUT2D eigenvalue weighted by Crippen LogP contribution is 2.18. The molecule has 2 N–H and O–H groups in total. The van der Waals surface area contributed by atoms with Crippen LogP contribution in [0.3, 0.4) is 0 Å². The molecule has 1 aliphatic heterocycles. The van der Waals surface area contributed by atoms with Crippen molar-refractivity contribution in [2.24, 2.45) is 0 Å². The molecule has 0 spiro atoms. The van der Waals surface area contributed by atoms with Gasteiger partial charge in [0.1, 0.15) is 0 Å². The molecule has 3 heteroatoms. The molecule has 2 rings (SSSR count). The van der Waals surface area contributed by atoms with Gasteiger partial charge in [-0.15, -0.1) is 0 Å². The predicted octanol–water partition coefficient (Wildman–Crippen LogP) is 2.27. The number of hydrogen-bond acceptors (Lipinski definition) is 2. The Bertz CT molecular complexity index is 410. The first-order valence-corrected chi connectivity index (χ1v) is 7.20. The van der Waals surface area contributed by atoms with Gasteiger partial charge in [0.2, 0.25) is 5.91 Å². The van der Waals surface area contributed by atoms with Gasteiger partial charge in [-0.2, -0.15) is 0 Å². The van der Waals surface area contributed by atoms with Crippen molar-refractivity contribution >= 4 is 5.91 Å². The van der Waals surface area contributed by atoms with E-state index in [4.69, 9.17) is 0 Å². The molecule has 1 aromatic rings. The first-order chi connectivity index (χ1) is 9.10. The normalized spacial score (nSPS) is 24.1. The first-order valence-electron chi connectivity index (χ1n) is 7.20. The lowest BCUT2D eigenvalue weighted by atomic mass is 9.98. The summed E-state index contributed by atoms with van der Waals surface area (Å²) in [5, 5.41) is 6.43. The van der Waals surface area contributed by atoms with Crippen molar-refractivity contribution in [3.8, 4) is 0 Å². The van der Waals surface area contributed by atoms with E-state index in [2.05, 4.69) is 41.8 Å². The van der Waals surface area contributed by atoms with Gasteiger partial charge < -0.3 is 10.6 Å². The van der Waals surface area contributed by atoms with E-state index < -0.39 is 0 Å². The van der Waals surface area contributed by atoms with Gasteiger partial charge >= 0.3 is 0 Å². The third-order valence-electron chi connectivity index (χ3n) is 3.96. The largest absolute Gasteiger partial charge is 0.352 e. The van der Waals surface area contributed by atoms with Gasteiger partial charge in [-0.1, -0.05) is 30.3 Å². The second-order valence-electron chi connectivity index (χ2n) is 5.76. The predicted molar refractivity (Wildman–Crippen MR) is 78.0 cm³/mol. The van der Waals surface area contributed by atoms with Crippen molar-refractivity contribution < 1.29 is 4.79 Å². The summed E-state index contributed by atoms with van der Waals surface area (Å²) in [7, 11) is 0. The molecule has 1 heterocycles. The minimum Gasteiger partial charge on any atom is -0.352 e. The molecule has 0 radical (unpaired) electrons. The van der Waals surface area contributed by atoms with Crippen LogP contribution in [0.25, 0.3) is 0 Å². The van der Waals surface area contributed by atoms with Crippen LogP contribution >= 0.6 is 0 Å². The van der Waals surface area contributed by atoms with Crippen molar-refractivity contribution in [2.75, 3.05) is 6.54 Å². The Morgan fingerprint density at radius 2 is 2.16 bits per heavy atom. The number of nitrogens with one attached hydrogen (secondary N) is 2. The maximum atomic E-state index is 12.2. The Labute approximate surface area is 115 Å². The Kier molecular flexibility index (Phi) is 4.59. The zero-order chi connectivity index (χ0) is 13.7. The fourth-order valence-corrected chi connectivity index (χ4v) is 2.57. The van der Waals surface area contributed by atoms with Crippen molar-refractivity contribution in [2.45, 2.75) is 51.1 Å². The van der Waals surface area contributed by atoms with Crippen LogP contribution in [-0.2, 0) is 11.2 Å². The number of carbonyl (C=O) groups excluding carboxylic acids is 1. The number of aryl methyl sites for hydroxylation is 1. The van der Waals surface area contributed by atoms with Crippen LogP contribution in [0.5, 0.6) is 0 Å². The van der Waals surface area contributed by atoms with Crippen LogP contribution in [0.2, 0.25) is 0 Å². The third kappa shape index (κ3) is 3.80. The summed E-state index contributed by atoms with van der Waals surface area (Å²) < 4.78 is 0. The van der Waals surface area contributed by atoms with Crippen molar-refractivity contribution in [3.05, 3.63) is 35.9 Å². The molecule has 0 aliphatic carbocycles. The van der Waals surface area contributed by atoms with Crippen LogP contribution in [-0.4, -0.2) is 24.0 Å². The molecule has 2 unspecified atom stereocenters. The van der Waals surface area contributed by atoms with Crippen LogP contribution in [0, 0.1) is 0 Å². The van der Waals surface area contributed by atoms with E-state index in [1.54, 1.807) is 0 Å². The molecule has 1 aromatic carbocycles. The summed E-state index contributed by atoms with van der Waals surface area (Å²) >= 11 is 0. The Hall–Kier alpha value is -1.35. The zero-order valence-electron chi connectivity index (χ0n) is 11.9. The highest BCUT2D eigenvalue weighted by Gasteiger charge is 2.36. The van der Waals surface area contributed by atoms with E-state index in [0.29, 0.717) is 0 Å². The lowest BCUT2D eigenvalue weighted by Gasteiger charge is -2.25. The van der Waals surface area contributed by atoms with Crippen molar-refractivity contribution in [3.63, 3.8) is 0 Å². The summed E-state index contributed by atoms with van der Waals surface area (Å²) in [5.41, 5.74) is 0.967. The highest BCUT2D eigenvalue weighted by atomic mass is 16.2. The Morgan fingerprint density at radius 3 is 2.79 bits per heavy atom. The minimum atomic E-state index is -0.360. The molecular weight excluding hydrogens is 236 g/mol. The number of amides is 1. The summed E-state index contributed by atoms with van der Waals surface area (Å²) in [6, 6.07) is 10.6. The maximum absolute atomic E-state index is 12.2. The Balaban J connectivity index is 1.78. The molecule has 3 nitrogen and oxygen atoms in total. The Morgan fingerprint density at radius 1 is 1.42 bits per heavy atom. The highest BCUT2D eigenvalue weighted by molar-refractivity contribution is 5.86. The van der Waals surface area contributed by atoms with Crippen LogP contribution in [0.4, 0.5) is 0 Å². The molecule has 104 valence electrons. The van der Waals surface area contributed by atoms with Gasteiger partial charge in [0, 0.05) is 6.04 Å². The molecule has 1 fully saturated rings. The second-order valence-corrected chi connectivity index (χ2v) is 5.76. The maximum Gasteiger partial charge on any atom is 0.240 e. The molecule has 1 saturated heterocycles. The quantitative estimate of drug-likeness (QED) is 0.852. The fourth-order valence-electron chi connectivity index (χ4n) is 2.57. The summed E-state index contributed by atoms with van der Waals surface area (Å²) in [6.07, 6.45) is 4.00. The monoisotopic (exact) mass is 260 g/mol. The standard InChI is InChI=1S/C16H24N2O/c1-13(9-10-14-7-4-3-5-8-14)18-15(19)16(2)11-6-12-17-16/h3-5,7-8,13,17H,6,9-12H2,1-2H3,(H,18,19). The average Bonchev–Trinajstić information content (AvgIpc) is 2.86. The lowest BCUT2D eigenvalue weighted by Crippen LogP contribution is -2.53. The van der Waals surface area contributed by atoms with E-state index in [-0.39, 0.29) is 17.5 Å². The molecule has 2 atom stereocenters. The van der Waals surface area contributed by atoms with Gasteiger partial charge in [0.25, 0.3) is 0 Å². The van der Waals surface area contributed by atoms with Crippen LogP contribution in [0.1, 0.15) is 38.7 Å². The summed E-state index contributed by atoms with van der Waals surface area (Å²) in [5.74, 6) is 0.144. The van der Waals surface area contributed by atoms with Gasteiger partial charge in [-0.3, -0.25) is 4.79 Å². The second kappa shape index (κ2) is 6.20. The number of benzene rings is 1. The summed E-state index contributed by atoms with van der Waals surface area (Å²) in [4.78, 5) is 12.2. The molecule has 1 aliphatic rings. The topological polar surface area (TPSA) is 41.1 Å². The molecule has 0 aromatic heterocycles. The SMILES string of the molecule is CC(CCc1ccccc1)NC(=O)C1(C)CCCN1. The fraction of sp³-hybridized carbons (Fsp3) is 0.562. The van der Waals surface area contributed by atoms with E-state index >= 15 is 0 Å². The number of rotatable bonds is 5. The van der Waals surface area contributed by atoms with Crippen molar-refractivity contribution in [1.29, 1.82) is 0 Å².